The Morgan fingerprint density at radius 3 is 2.48 bits per heavy atom. The van der Waals surface area contributed by atoms with Crippen molar-refractivity contribution in [2.75, 3.05) is 26.2 Å². The molecule has 0 saturated carbocycles. The van der Waals surface area contributed by atoms with Gasteiger partial charge in [0.15, 0.2) is 0 Å². The number of nitrogens with zero attached hydrogens (tertiary/aromatic N) is 2. The highest BCUT2D eigenvalue weighted by Crippen LogP contribution is 2.13. The van der Waals surface area contributed by atoms with Crippen LogP contribution in [-0.2, 0) is 0 Å². The maximum absolute atomic E-state index is 12.5. The fourth-order valence-electron chi connectivity index (χ4n) is 2.61. The summed E-state index contributed by atoms with van der Waals surface area (Å²) in [6, 6.07) is 7.86. The molecule has 1 aromatic carbocycles. The average Bonchev–Trinajstić information content (AvgIpc) is 2.53. The van der Waals surface area contributed by atoms with Crippen molar-refractivity contribution < 1.29 is 4.79 Å². The summed E-state index contributed by atoms with van der Waals surface area (Å²) in [5.74, 6) is 0.0666. The number of benzene rings is 1. The minimum Gasteiger partial charge on any atom is -0.389 e. The first-order valence-electron chi connectivity index (χ1n) is 7.46. The van der Waals surface area contributed by atoms with Crippen LogP contribution in [0.25, 0.3) is 0 Å². The molecule has 0 radical (unpaired) electrons. The molecule has 1 fully saturated rings. The van der Waals surface area contributed by atoms with Crippen LogP contribution in [-0.4, -0.2) is 52.9 Å². The summed E-state index contributed by atoms with van der Waals surface area (Å²) in [6.45, 7) is 7.87. The number of nitrogens with two attached hydrogens (primary N) is 1. The molecule has 114 valence electrons. The van der Waals surface area contributed by atoms with Crippen LogP contribution in [0.1, 0.15) is 36.2 Å². The number of thiocarbonyl (C=S) groups is 1. The number of carbonyl (C=O) groups excluding carboxylic acids is 1. The Hall–Kier alpha value is -1.46. The van der Waals surface area contributed by atoms with Gasteiger partial charge in [0.05, 0.1) is 0 Å². The number of hydrogen-bond acceptors (Lipinski definition) is 3. The third-order valence-electron chi connectivity index (χ3n) is 4.21. The van der Waals surface area contributed by atoms with E-state index in [2.05, 4.69) is 18.7 Å². The van der Waals surface area contributed by atoms with E-state index in [1.165, 1.54) is 0 Å². The van der Waals surface area contributed by atoms with E-state index in [0.29, 0.717) is 16.6 Å². The van der Waals surface area contributed by atoms with Gasteiger partial charge >= 0.3 is 0 Å². The highest BCUT2D eigenvalue weighted by molar-refractivity contribution is 7.80. The molecule has 0 spiro atoms. The summed E-state index contributed by atoms with van der Waals surface area (Å²) in [5, 5.41) is 0. The summed E-state index contributed by atoms with van der Waals surface area (Å²) in [4.78, 5) is 17.2. The topological polar surface area (TPSA) is 49.6 Å². The molecule has 0 bridgehead atoms. The molecule has 1 aromatic rings. The van der Waals surface area contributed by atoms with Gasteiger partial charge in [-0.05, 0) is 25.5 Å². The Morgan fingerprint density at radius 1 is 1.29 bits per heavy atom. The normalized spacial score (nSPS) is 17.5. The standard InChI is InChI=1S/C16H23N3OS/c1-3-12(2)18-7-9-19(10-8-18)16(20)14-6-4-5-13(11-14)15(17)21/h4-6,11-12H,3,7-10H2,1-2H3,(H2,17,21). The van der Waals surface area contributed by atoms with Gasteiger partial charge < -0.3 is 10.6 Å². The summed E-state index contributed by atoms with van der Waals surface area (Å²) >= 11 is 4.97. The van der Waals surface area contributed by atoms with Crippen LogP contribution < -0.4 is 5.73 Å². The van der Waals surface area contributed by atoms with Crippen molar-refractivity contribution in [2.24, 2.45) is 5.73 Å². The lowest BCUT2D eigenvalue weighted by atomic mass is 10.1. The molecule has 1 unspecified atom stereocenters. The van der Waals surface area contributed by atoms with Crippen molar-refractivity contribution in [3.05, 3.63) is 35.4 Å². The van der Waals surface area contributed by atoms with E-state index < -0.39 is 0 Å². The Kier molecular flexibility index (Phi) is 5.31. The second kappa shape index (κ2) is 7.00. The second-order valence-electron chi connectivity index (χ2n) is 5.53. The molecule has 1 aliphatic heterocycles. The lowest BCUT2D eigenvalue weighted by Crippen LogP contribution is -2.51. The third kappa shape index (κ3) is 3.80. The zero-order chi connectivity index (χ0) is 15.4. The third-order valence-corrected chi connectivity index (χ3v) is 4.45. The monoisotopic (exact) mass is 305 g/mol. The lowest BCUT2D eigenvalue weighted by molar-refractivity contribution is 0.0579. The van der Waals surface area contributed by atoms with Gasteiger partial charge in [0.2, 0.25) is 0 Å². The van der Waals surface area contributed by atoms with Crippen LogP contribution >= 0.6 is 12.2 Å². The molecular weight excluding hydrogens is 282 g/mol. The predicted octanol–water partition coefficient (Wildman–Crippen LogP) is 1.88. The molecule has 0 aromatic heterocycles. The molecule has 21 heavy (non-hydrogen) atoms. The first-order chi connectivity index (χ1) is 10.0. The van der Waals surface area contributed by atoms with Gasteiger partial charge in [0, 0.05) is 43.3 Å². The van der Waals surface area contributed by atoms with E-state index in [1.54, 1.807) is 6.07 Å². The van der Waals surface area contributed by atoms with Crippen LogP contribution in [0.4, 0.5) is 0 Å². The first kappa shape index (κ1) is 15.9. The zero-order valence-corrected chi connectivity index (χ0v) is 13.5. The Morgan fingerprint density at radius 2 is 1.90 bits per heavy atom. The molecule has 1 saturated heterocycles. The number of rotatable bonds is 4. The van der Waals surface area contributed by atoms with E-state index in [9.17, 15) is 4.79 Å². The van der Waals surface area contributed by atoms with Crippen LogP contribution in [0.5, 0.6) is 0 Å². The molecule has 1 aliphatic rings. The number of carbonyl (C=O) groups is 1. The van der Waals surface area contributed by atoms with Crippen molar-refractivity contribution in [3.63, 3.8) is 0 Å². The number of amides is 1. The molecule has 1 amide bonds. The molecule has 5 heteroatoms. The van der Waals surface area contributed by atoms with Gasteiger partial charge in [-0.2, -0.15) is 0 Å². The molecule has 2 N–H and O–H groups in total. The van der Waals surface area contributed by atoms with Gasteiger partial charge in [-0.3, -0.25) is 9.69 Å². The highest BCUT2D eigenvalue weighted by Gasteiger charge is 2.24. The van der Waals surface area contributed by atoms with Gasteiger partial charge in [-0.15, -0.1) is 0 Å². The Bertz CT molecular complexity index is 524. The Labute approximate surface area is 131 Å². The highest BCUT2D eigenvalue weighted by atomic mass is 32.1. The van der Waals surface area contributed by atoms with Crippen molar-refractivity contribution in [1.82, 2.24) is 9.80 Å². The largest absolute Gasteiger partial charge is 0.389 e. The van der Waals surface area contributed by atoms with E-state index in [4.69, 9.17) is 18.0 Å². The molecule has 1 heterocycles. The van der Waals surface area contributed by atoms with Crippen LogP contribution in [0.3, 0.4) is 0 Å². The molecular formula is C16H23N3OS. The van der Waals surface area contributed by atoms with Gasteiger partial charge in [-0.25, -0.2) is 0 Å². The summed E-state index contributed by atoms with van der Waals surface area (Å²) in [7, 11) is 0. The van der Waals surface area contributed by atoms with Crippen molar-refractivity contribution in [2.45, 2.75) is 26.3 Å². The smallest absolute Gasteiger partial charge is 0.253 e. The maximum atomic E-state index is 12.5. The van der Waals surface area contributed by atoms with Crippen LogP contribution in [0, 0.1) is 0 Å². The molecule has 0 aliphatic carbocycles. The summed E-state index contributed by atoms with van der Waals surface area (Å²) in [5.41, 5.74) is 7.04. The maximum Gasteiger partial charge on any atom is 0.253 e. The van der Waals surface area contributed by atoms with Crippen molar-refractivity contribution >= 4 is 23.1 Å². The van der Waals surface area contributed by atoms with Crippen LogP contribution in [0.15, 0.2) is 24.3 Å². The first-order valence-corrected chi connectivity index (χ1v) is 7.87. The second-order valence-corrected chi connectivity index (χ2v) is 5.97. The minimum absolute atomic E-state index is 0.0666. The van der Waals surface area contributed by atoms with Gasteiger partial charge in [-0.1, -0.05) is 31.3 Å². The van der Waals surface area contributed by atoms with Gasteiger partial charge in [0.25, 0.3) is 5.91 Å². The van der Waals surface area contributed by atoms with E-state index in [0.717, 1.165) is 38.2 Å². The van der Waals surface area contributed by atoms with Crippen LogP contribution in [0.2, 0.25) is 0 Å². The summed E-state index contributed by atoms with van der Waals surface area (Å²) < 4.78 is 0. The van der Waals surface area contributed by atoms with Crippen molar-refractivity contribution in [3.8, 4) is 0 Å². The average molecular weight is 305 g/mol. The number of hydrogen-bond donors (Lipinski definition) is 1. The lowest BCUT2D eigenvalue weighted by Gasteiger charge is -2.37. The van der Waals surface area contributed by atoms with E-state index in [-0.39, 0.29) is 5.91 Å². The molecule has 1 atom stereocenters. The van der Waals surface area contributed by atoms with Gasteiger partial charge in [0.1, 0.15) is 4.99 Å². The minimum atomic E-state index is 0.0666. The molecule has 4 nitrogen and oxygen atoms in total. The fourth-order valence-corrected chi connectivity index (χ4v) is 2.74. The Balaban J connectivity index is 2.02. The summed E-state index contributed by atoms with van der Waals surface area (Å²) in [6.07, 6.45) is 1.14. The number of piperazine rings is 1. The van der Waals surface area contributed by atoms with E-state index >= 15 is 0 Å². The molecule has 2 rings (SSSR count). The predicted molar refractivity (Wildman–Crippen MR) is 89.6 cm³/mol. The quantitative estimate of drug-likeness (QED) is 0.863. The SMILES string of the molecule is CCC(C)N1CCN(C(=O)c2cccc(C(N)=S)c2)CC1. The zero-order valence-electron chi connectivity index (χ0n) is 12.7. The fraction of sp³-hybridized carbons (Fsp3) is 0.500. The van der Waals surface area contributed by atoms with Crippen molar-refractivity contribution in [1.29, 1.82) is 0 Å². The van der Waals surface area contributed by atoms with E-state index in [1.807, 2.05) is 23.1 Å².